The van der Waals surface area contributed by atoms with Gasteiger partial charge in [0, 0.05) is 12.6 Å². The predicted octanol–water partition coefficient (Wildman–Crippen LogP) is -0.258. The van der Waals surface area contributed by atoms with E-state index in [2.05, 4.69) is 10.2 Å². The summed E-state index contributed by atoms with van der Waals surface area (Å²) in [6.45, 7) is 0. The van der Waals surface area contributed by atoms with Crippen LogP contribution in [0.5, 0.6) is 0 Å². The third kappa shape index (κ3) is 2.03. The average molecular weight is 145 g/mol. The van der Waals surface area contributed by atoms with Crippen LogP contribution in [-0.4, -0.2) is 21.9 Å². The molecule has 1 rings (SSSR count). The summed E-state index contributed by atoms with van der Waals surface area (Å²) in [7, 11) is 0. The Hall–Kier alpha value is -0.550. The van der Waals surface area contributed by atoms with Gasteiger partial charge in [0.15, 0.2) is 5.17 Å². The van der Waals surface area contributed by atoms with Crippen LogP contribution in [0.1, 0.15) is 6.42 Å². The molecule has 0 aromatic heterocycles. The molecule has 5 heteroatoms. The van der Waals surface area contributed by atoms with Gasteiger partial charge in [0.1, 0.15) is 5.44 Å². The van der Waals surface area contributed by atoms with Crippen LogP contribution in [0.2, 0.25) is 0 Å². The lowest BCUT2D eigenvalue weighted by Crippen LogP contribution is -2.11. The van der Waals surface area contributed by atoms with Crippen molar-refractivity contribution in [2.45, 2.75) is 11.9 Å². The second-order valence-corrected chi connectivity index (χ2v) is 2.74. The summed E-state index contributed by atoms with van der Waals surface area (Å²) in [6.07, 6.45) is 2.05. The molecule has 0 bridgehead atoms. The van der Waals surface area contributed by atoms with E-state index in [1.54, 1.807) is 0 Å². The number of thioether (sulfide) groups is 1. The molecule has 0 aliphatic carbocycles. The maximum Gasteiger partial charge on any atom is 0.183 e. The fraction of sp³-hybridized carbons (Fsp3) is 0.500. The molecule has 9 heavy (non-hydrogen) atoms. The Morgan fingerprint density at radius 3 is 3.44 bits per heavy atom. The molecule has 0 aromatic rings. The van der Waals surface area contributed by atoms with Crippen molar-refractivity contribution in [1.82, 2.24) is 0 Å². The van der Waals surface area contributed by atoms with E-state index >= 15 is 0 Å². The zero-order valence-corrected chi connectivity index (χ0v) is 5.51. The first-order chi connectivity index (χ1) is 4.29. The zero-order chi connectivity index (χ0) is 6.69. The van der Waals surface area contributed by atoms with Crippen molar-refractivity contribution in [3.63, 3.8) is 0 Å². The Kier molecular flexibility index (Phi) is 2.07. The monoisotopic (exact) mass is 145 g/mol. The van der Waals surface area contributed by atoms with E-state index in [1.165, 1.54) is 6.21 Å². The molecule has 0 saturated carbocycles. The number of hydrogen-bond donors (Lipinski definition) is 2. The number of rotatable bonds is 0. The third-order valence-corrected chi connectivity index (χ3v) is 1.59. The third-order valence-electron chi connectivity index (χ3n) is 0.802. The van der Waals surface area contributed by atoms with Crippen LogP contribution < -0.4 is 5.73 Å². The van der Waals surface area contributed by atoms with Gasteiger partial charge in [-0.2, -0.15) is 5.10 Å². The number of aliphatic hydroxyl groups excluding tert-OH is 1. The second kappa shape index (κ2) is 2.84. The summed E-state index contributed by atoms with van der Waals surface area (Å²) < 4.78 is 0. The molecule has 0 saturated heterocycles. The Labute approximate surface area is 56.8 Å². The van der Waals surface area contributed by atoms with Crippen molar-refractivity contribution in [3.05, 3.63) is 0 Å². The van der Waals surface area contributed by atoms with Crippen molar-refractivity contribution < 1.29 is 5.11 Å². The van der Waals surface area contributed by atoms with Crippen LogP contribution in [0.15, 0.2) is 10.2 Å². The summed E-state index contributed by atoms with van der Waals surface area (Å²) in [6, 6.07) is 0. The highest BCUT2D eigenvalue weighted by Crippen LogP contribution is 2.12. The predicted molar refractivity (Wildman–Crippen MR) is 38.3 cm³/mol. The van der Waals surface area contributed by atoms with Gasteiger partial charge in [-0.15, -0.1) is 5.10 Å². The average Bonchev–Trinajstić information content (AvgIpc) is 1.93. The quantitative estimate of drug-likeness (QED) is 0.493. The van der Waals surface area contributed by atoms with Gasteiger partial charge in [-0.05, 0) is 0 Å². The van der Waals surface area contributed by atoms with E-state index < -0.39 is 5.44 Å². The van der Waals surface area contributed by atoms with E-state index in [9.17, 15) is 0 Å². The summed E-state index contributed by atoms with van der Waals surface area (Å²) in [5.74, 6) is 0. The summed E-state index contributed by atoms with van der Waals surface area (Å²) >= 11 is 1.12. The molecule has 3 N–H and O–H groups in total. The van der Waals surface area contributed by atoms with E-state index in [0.29, 0.717) is 11.6 Å². The minimum atomic E-state index is -0.486. The molecule has 0 fully saturated rings. The zero-order valence-electron chi connectivity index (χ0n) is 4.69. The van der Waals surface area contributed by atoms with Gasteiger partial charge in [-0.25, -0.2) is 0 Å². The highest BCUT2D eigenvalue weighted by Gasteiger charge is 2.07. The van der Waals surface area contributed by atoms with Gasteiger partial charge < -0.3 is 10.8 Å². The van der Waals surface area contributed by atoms with Crippen LogP contribution in [-0.2, 0) is 0 Å². The molecular weight excluding hydrogens is 138 g/mol. The Balaban J connectivity index is 2.58. The number of nitrogens with zero attached hydrogens (tertiary/aromatic N) is 2. The van der Waals surface area contributed by atoms with Crippen molar-refractivity contribution in [3.8, 4) is 0 Å². The first-order valence-electron chi connectivity index (χ1n) is 2.49. The summed E-state index contributed by atoms with van der Waals surface area (Å²) in [5.41, 5.74) is 4.78. The number of nitrogens with two attached hydrogens (primary N) is 1. The fourth-order valence-corrected chi connectivity index (χ4v) is 1.00. The van der Waals surface area contributed by atoms with Gasteiger partial charge in [0.2, 0.25) is 0 Å². The van der Waals surface area contributed by atoms with Crippen LogP contribution in [0, 0.1) is 0 Å². The minimum Gasteiger partial charge on any atom is -0.382 e. The van der Waals surface area contributed by atoms with Gasteiger partial charge in [0.25, 0.3) is 0 Å². The summed E-state index contributed by atoms with van der Waals surface area (Å²) in [5, 5.41) is 16.4. The standard InChI is InChI=1S/C4H7N3OS/c5-4-7-6-2-1-3(8)9-4/h2-3,8H,1H2,(H2,5,7). The normalized spacial score (nSPS) is 27.2. The fourth-order valence-electron chi connectivity index (χ4n) is 0.446. The molecule has 1 aliphatic rings. The van der Waals surface area contributed by atoms with E-state index in [0.717, 1.165) is 11.8 Å². The summed E-state index contributed by atoms with van der Waals surface area (Å²) in [4.78, 5) is 0. The molecule has 0 aromatic carbocycles. The van der Waals surface area contributed by atoms with Gasteiger partial charge in [-0.3, -0.25) is 0 Å². The molecule has 1 aliphatic heterocycles. The molecule has 4 nitrogen and oxygen atoms in total. The topological polar surface area (TPSA) is 71.0 Å². The second-order valence-electron chi connectivity index (χ2n) is 1.54. The molecule has 1 heterocycles. The largest absolute Gasteiger partial charge is 0.382 e. The molecule has 1 atom stereocenters. The number of amidine groups is 1. The highest BCUT2D eigenvalue weighted by atomic mass is 32.2. The Morgan fingerprint density at radius 2 is 2.67 bits per heavy atom. The Morgan fingerprint density at radius 1 is 1.89 bits per heavy atom. The molecule has 50 valence electrons. The van der Waals surface area contributed by atoms with Crippen molar-refractivity contribution in [2.24, 2.45) is 15.9 Å². The van der Waals surface area contributed by atoms with Crippen molar-refractivity contribution >= 4 is 23.1 Å². The molecule has 0 amide bonds. The SMILES string of the molecule is NC1=NN=CCC(O)S1. The first-order valence-corrected chi connectivity index (χ1v) is 3.36. The molecular formula is C4H7N3OS. The van der Waals surface area contributed by atoms with Crippen LogP contribution in [0.3, 0.4) is 0 Å². The smallest absolute Gasteiger partial charge is 0.183 e. The van der Waals surface area contributed by atoms with Gasteiger partial charge in [-0.1, -0.05) is 11.8 Å². The van der Waals surface area contributed by atoms with Crippen LogP contribution in [0.25, 0.3) is 0 Å². The minimum absolute atomic E-state index is 0.316. The molecule has 1 unspecified atom stereocenters. The van der Waals surface area contributed by atoms with Crippen molar-refractivity contribution in [2.75, 3.05) is 0 Å². The number of hydrogen-bond acceptors (Lipinski definition) is 5. The lowest BCUT2D eigenvalue weighted by atomic mass is 10.5. The van der Waals surface area contributed by atoms with E-state index in [-0.39, 0.29) is 0 Å². The molecule has 0 radical (unpaired) electrons. The van der Waals surface area contributed by atoms with E-state index in [1.807, 2.05) is 0 Å². The first kappa shape index (κ1) is 6.57. The lowest BCUT2D eigenvalue weighted by molar-refractivity contribution is 0.274. The maximum absolute atomic E-state index is 8.97. The van der Waals surface area contributed by atoms with E-state index in [4.69, 9.17) is 10.8 Å². The highest BCUT2D eigenvalue weighted by molar-refractivity contribution is 8.14. The maximum atomic E-state index is 8.97. The van der Waals surface area contributed by atoms with Crippen LogP contribution in [0.4, 0.5) is 0 Å². The molecule has 0 spiro atoms. The van der Waals surface area contributed by atoms with Gasteiger partial charge >= 0.3 is 0 Å². The lowest BCUT2D eigenvalue weighted by Gasteiger charge is -2.00. The van der Waals surface area contributed by atoms with Gasteiger partial charge in [0.05, 0.1) is 0 Å². The number of aliphatic hydroxyl groups is 1. The Bertz CT molecular complexity index is 156. The van der Waals surface area contributed by atoms with Crippen LogP contribution >= 0.6 is 11.8 Å². The van der Waals surface area contributed by atoms with Crippen molar-refractivity contribution in [1.29, 1.82) is 0 Å².